The van der Waals surface area contributed by atoms with E-state index in [0.717, 1.165) is 54.6 Å². The van der Waals surface area contributed by atoms with Gasteiger partial charge in [-0.25, -0.2) is 24.9 Å². The van der Waals surface area contributed by atoms with Gasteiger partial charge < -0.3 is 24.4 Å². The Morgan fingerprint density at radius 2 is 1.87 bits per heavy atom. The lowest BCUT2D eigenvalue weighted by Crippen LogP contribution is -2.44. The van der Waals surface area contributed by atoms with E-state index in [4.69, 9.17) is 20.1 Å². The molecule has 0 aliphatic carbocycles. The summed E-state index contributed by atoms with van der Waals surface area (Å²) in [5.74, 6) is 1.05. The molecular formula is C28H29N9O2. The average Bonchev–Trinajstić information content (AvgIpc) is 3.62. The minimum absolute atomic E-state index is 0.0379. The first kappa shape index (κ1) is 24.7. The zero-order chi connectivity index (χ0) is 26.9. The number of anilines is 2. The first-order chi connectivity index (χ1) is 19.0. The van der Waals surface area contributed by atoms with Gasteiger partial charge in [0.1, 0.15) is 29.1 Å². The van der Waals surface area contributed by atoms with Crippen molar-refractivity contribution in [2.24, 2.45) is 0 Å². The minimum atomic E-state index is -0.202. The van der Waals surface area contributed by atoms with Gasteiger partial charge in [0.05, 0.1) is 6.20 Å². The van der Waals surface area contributed by atoms with Crippen LogP contribution in [0.3, 0.4) is 0 Å². The molecule has 1 saturated heterocycles. The Balaban J connectivity index is 1.28. The van der Waals surface area contributed by atoms with E-state index in [0.29, 0.717) is 17.8 Å². The molecule has 6 heterocycles. The summed E-state index contributed by atoms with van der Waals surface area (Å²) in [7, 11) is 2.13. The zero-order valence-corrected chi connectivity index (χ0v) is 21.9. The molecule has 11 heteroatoms. The normalized spacial score (nSPS) is 14.3. The van der Waals surface area contributed by atoms with Crippen molar-refractivity contribution in [3.05, 3.63) is 72.3 Å². The second kappa shape index (κ2) is 10.3. The highest BCUT2D eigenvalue weighted by atomic mass is 16.3. The molecule has 2 N–H and O–H groups in total. The molecule has 1 aliphatic rings. The van der Waals surface area contributed by atoms with Crippen molar-refractivity contribution >= 4 is 23.1 Å². The van der Waals surface area contributed by atoms with Gasteiger partial charge >= 0.3 is 0 Å². The molecule has 0 unspecified atom stereocenters. The third-order valence-corrected chi connectivity index (χ3v) is 7.01. The number of fused-ring (bicyclic) bond motifs is 1. The third-order valence-electron chi connectivity index (χ3n) is 7.01. The van der Waals surface area contributed by atoms with Crippen molar-refractivity contribution in [3.63, 3.8) is 0 Å². The molecule has 5 aromatic heterocycles. The topological polar surface area (TPSA) is 132 Å². The molecule has 11 nitrogen and oxygen atoms in total. The van der Waals surface area contributed by atoms with Crippen LogP contribution in [0.2, 0.25) is 0 Å². The number of aryl methyl sites for hydroxylation is 2. The van der Waals surface area contributed by atoms with Gasteiger partial charge in [-0.3, -0.25) is 4.79 Å². The molecule has 6 rings (SSSR count). The van der Waals surface area contributed by atoms with Gasteiger partial charge in [-0.15, -0.1) is 0 Å². The first-order valence-electron chi connectivity index (χ1n) is 12.9. The molecule has 0 radical (unpaired) electrons. The maximum absolute atomic E-state index is 13.4. The lowest BCUT2D eigenvalue weighted by Gasteiger charge is -2.33. The number of likely N-dealkylation sites (N-methyl/N-ethyl adjacent to an activating group) is 1. The Morgan fingerprint density at radius 3 is 2.67 bits per heavy atom. The molecule has 5 aromatic rings. The highest BCUT2D eigenvalue weighted by Crippen LogP contribution is 2.31. The van der Waals surface area contributed by atoms with E-state index in [1.807, 2.05) is 47.9 Å². The number of aromatic nitrogens is 6. The van der Waals surface area contributed by atoms with Gasteiger partial charge in [-0.1, -0.05) is 6.07 Å². The standard InChI is InChI=1S/C28H29N9O2/c1-18-16-31-22-9-6-19(17-37(18)22)24-26(28-30-10-15-39-28)34-27(29)25(33-24)21(38)8-7-20-4-3-5-23(32-20)36-13-11-35(2)12-14-36/h3-6,9-10,15-17H,7-8,11-14H2,1-2H3,(H2,29,34). The Morgan fingerprint density at radius 1 is 1.03 bits per heavy atom. The number of carbonyl (C=O) groups excluding carboxylic acids is 1. The quantitative estimate of drug-likeness (QED) is 0.317. The zero-order valence-electron chi connectivity index (χ0n) is 21.9. The van der Waals surface area contributed by atoms with Crippen molar-refractivity contribution in [2.45, 2.75) is 19.8 Å². The first-order valence-corrected chi connectivity index (χ1v) is 12.9. The molecular weight excluding hydrogens is 494 g/mol. The fourth-order valence-electron chi connectivity index (χ4n) is 4.76. The fraction of sp³-hybridized carbons (Fsp3) is 0.286. The van der Waals surface area contributed by atoms with Crippen LogP contribution in [0.4, 0.5) is 11.6 Å². The average molecular weight is 524 g/mol. The summed E-state index contributed by atoms with van der Waals surface area (Å²) >= 11 is 0. The smallest absolute Gasteiger partial charge is 0.247 e. The largest absolute Gasteiger partial charge is 0.443 e. The van der Waals surface area contributed by atoms with Crippen molar-refractivity contribution in [2.75, 3.05) is 43.9 Å². The van der Waals surface area contributed by atoms with E-state index in [-0.39, 0.29) is 29.6 Å². The summed E-state index contributed by atoms with van der Waals surface area (Å²) in [5, 5.41) is 0. The molecule has 1 fully saturated rings. The molecule has 1 aliphatic heterocycles. The van der Waals surface area contributed by atoms with Crippen LogP contribution in [0, 0.1) is 6.92 Å². The van der Waals surface area contributed by atoms with E-state index in [1.165, 1.54) is 12.5 Å². The maximum atomic E-state index is 13.4. The second-order valence-corrected chi connectivity index (χ2v) is 9.74. The van der Waals surface area contributed by atoms with Crippen LogP contribution in [0.1, 0.15) is 28.3 Å². The van der Waals surface area contributed by atoms with Crippen LogP contribution in [-0.4, -0.2) is 73.2 Å². The third kappa shape index (κ3) is 4.96. The lowest BCUT2D eigenvalue weighted by molar-refractivity contribution is 0.0978. The number of hydrogen-bond acceptors (Lipinski definition) is 10. The van der Waals surface area contributed by atoms with Gasteiger partial charge in [0.25, 0.3) is 0 Å². The van der Waals surface area contributed by atoms with Crippen molar-refractivity contribution in [3.8, 4) is 22.8 Å². The van der Waals surface area contributed by atoms with Crippen molar-refractivity contribution in [1.82, 2.24) is 34.2 Å². The SMILES string of the molecule is Cc1cnc2ccc(-c3nc(C(=O)CCc4cccc(N5CCN(C)CC5)n4)c(N)nc3-c3ncco3)cn12. The van der Waals surface area contributed by atoms with Crippen LogP contribution >= 0.6 is 0 Å². The van der Waals surface area contributed by atoms with Crippen molar-refractivity contribution < 1.29 is 9.21 Å². The molecule has 0 spiro atoms. The number of carbonyl (C=O) groups is 1. The Hall–Kier alpha value is -4.64. The van der Waals surface area contributed by atoms with Gasteiger partial charge in [0, 0.05) is 61.9 Å². The van der Waals surface area contributed by atoms with Gasteiger partial charge in [-0.05, 0) is 44.7 Å². The number of rotatable bonds is 7. The fourth-order valence-corrected chi connectivity index (χ4v) is 4.76. The summed E-state index contributed by atoms with van der Waals surface area (Å²) < 4.78 is 7.47. The number of pyridine rings is 2. The maximum Gasteiger partial charge on any atom is 0.247 e. The van der Waals surface area contributed by atoms with E-state index in [9.17, 15) is 4.79 Å². The summed E-state index contributed by atoms with van der Waals surface area (Å²) in [5.41, 5.74) is 10.6. The number of hydrogen-bond donors (Lipinski definition) is 1. The number of piperazine rings is 1. The van der Waals surface area contributed by atoms with Crippen LogP contribution in [0.15, 0.2) is 59.6 Å². The van der Waals surface area contributed by atoms with E-state index in [1.54, 1.807) is 6.20 Å². The van der Waals surface area contributed by atoms with Crippen LogP contribution in [0.25, 0.3) is 28.5 Å². The Labute approximate surface area is 225 Å². The summed E-state index contributed by atoms with van der Waals surface area (Å²) in [6.45, 7) is 5.84. The summed E-state index contributed by atoms with van der Waals surface area (Å²) in [4.78, 5) is 40.7. The summed E-state index contributed by atoms with van der Waals surface area (Å²) in [6.07, 6.45) is 7.37. The van der Waals surface area contributed by atoms with Gasteiger partial charge in [0.15, 0.2) is 17.3 Å². The molecule has 0 bridgehead atoms. The highest BCUT2D eigenvalue weighted by molar-refractivity contribution is 5.99. The monoisotopic (exact) mass is 523 g/mol. The number of nitrogens with two attached hydrogens (primary N) is 1. The Bertz CT molecular complexity index is 1640. The molecule has 198 valence electrons. The van der Waals surface area contributed by atoms with E-state index >= 15 is 0 Å². The van der Waals surface area contributed by atoms with E-state index < -0.39 is 0 Å². The number of nitrogens with zero attached hydrogens (tertiary/aromatic N) is 8. The molecule has 0 saturated carbocycles. The Kier molecular flexibility index (Phi) is 6.49. The molecule has 0 aromatic carbocycles. The minimum Gasteiger partial charge on any atom is -0.443 e. The molecule has 0 amide bonds. The number of imidazole rings is 1. The predicted octanol–water partition coefficient (Wildman–Crippen LogP) is 3.30. The predicted molar refractivity (Wildman–Crippen MR) is 147 cm³/mol. The van der Waals surface area contributed by atoms with Crippen LogP contribution in [-0.2, 0) is 6.42 Å². The number of oxazole rings is 1. The number of Topliss-reactive ketones (excluding diaryl/α,β-unsaturated/α-hetero) is 1. The number of nitrogen functional groups attached to an aromatic ring is 1. The highest BCUT2D eigenvalue weighted by Gasteiger charge is 2.23. The van der Waals surface area contributed by atoms with Crippen LogP contribution in [0.5, 0.6) is 0 Å². The number of ketones is 1. The second-order valence-electron chi connectivity index (χ2n) is 9.74. The van der Waals surface area contributed by atoms with Crippen LogP contribution < -0.4 is 10.6 Å². The lowest BCUT2D eigenvalue weighted by atomic mass is 10.1. The van der Waals surface area contributed by atoms with Gasteiger partial charge in [-0.2, -0.15) is 0 Å². The molecule has 0 atom stereocenters. The molecule has 39 heavy (non-hydrogen) atoms. The van der Waals surface area contributed by atoms with Crippen molar-refractivity contribution in [1.29, 1.82) is 0 Å². The van der Waals surface area contributed by atoms with E-state index in [2.05, 4.69) is 31.8 Å². The van der Waals surface area contributed by atoms with Gasteiger partial charge in [0.2, 0.25) is 5.89 Å². The summed E-state index contributed by atoms with van der Waals surface area (Å²) in [6, 6.07) is 9.73.